The third-order valence-electron chi connectivity index (χ3n) is 1.96. The van der Waals surface area contributed by atoms with Crippen molar-refractivity contribution in [3.8, 4) is 0 Å². The average molecular weight is 234 g/mol. The van der Waals surface area contributed by atoms with Crippen LogP contribution >= 0.6 is 12.6 Å². The van der Waals surface area contributed by atoms with Gasteiger partial charge in [-0.05, 0) is 29.4 Å². The van der Waals surface area contributed by atoms with Crippen molar-refractivity contribution >= 4 is 30.8 Å². The van der Waals surface area contributed by atoms with Gasteiger partial charge >= 0.3 is 5.97 Å². The third kappa shape index (κ3) is 4.84. The molecule has 0 aliphatic heterocycles. The summed E-state index contributed by atoms with van der Waals surface area (Å²) in [6.45, 7) is 0. The lowest BCUT2D eigenvalue weighted by atomic mass is 10.1. The molecule has 0 bridgehead atoms. The van der Waals surface area contributed by atoms with Gasteiger partial charge in [0, 0.05) is 6.08 Å². The monoisotopic (exact) mass is 234 g/mol. The molecular weight excluding hydrogens is 220 g/mol. The van der Waals surface area contributed by atoms with E-state index in [4.69, 9.17) is 5.11 Å². The van der Waals surface area contributed by atoms with E-state index in [1.54, 1.807) is 6.08 Å². The Labute approximate surface area is 101 Å². The van der Waals surface area contributed by atoms with Gasteiger partial charge in [0.2, 0.25) is 0 Å². The Kier molecular flexibility index (Phi) is 5.43. The van der Waals surface area contributed by atoms with E-state index in [1.165, 1.54) is 0 Å². The summed E-state index contributed by atoms with van der Waals surface area (Å²) in [4.78, 5) is 10.3. The molecule has 0 fully saturated rings. The number of carboxylic acid groups (broad SMARTS) is 1. The molecule has 1 aromatic carbocycles. The Morgan fingerprint density at radius 2 is 1.75 bits per heavy atom. The van der Waals surface area contributed by atoms with Crippen molar-refractivity contribution in [3.63, 3.8) is 0 Å². The van der Waals surface area contributed by atoms with E-state index in [2.05, 4.69) is 18.7 Å². The van der Waals surface area contributed by atoms with E-state index in [0.717, 1.165) is 29.4 Å². The van der Waals surface area contributed by atoms with Gasteiger partial charge in [-0.3, -0.25) is 0 Å². The van der Waals surface area contributed by atoms with Crippen molar-refractivity contribution < 1.29 is 9.90 Å². The lowest BCUT2D eigenvalue weighted by Crippen LogP contribution is -1.85. The zero-order chi connectivity index (χ0) is 11.8. The number of carbonyl (C=O) groups is 1. The van der Waals surface area contributed by atoms with E-state index >= 15 is 0 Å². The van der Waals surface area contributed by atoms with E-state index in [1.807, 2.05) is 30.3 Å². The fourth-order valence-corrected chi connectivity index (χ4v) is 1.33. The molecule has 0 unspecified atom stereocenters. The smallest absolute Gasteiger partial charge is 0.328 e. The quantitative estimate of drug-likeness (QED) is 0.606. The van der Waals surface area contributed by atoms with Gasteiger partial charge < -0.3 is 5.11 Å². The maximum absolute atomic E-state index is 10.3. The fraction of sp³-hybridized carbons (Fsp3) is 0.154. The normalized spacial score (nSPS) is 11.3. The summed E-state index contributed by atoms with van der Waals surface area (Å²) in [5.74, 6) is -0.0895. The van der Waals surface area contributed by atoms with E-state index in [0.29, 0.717) is 0 Å². The summed E-state index contributed by atoms with van der Waals surface area (Å²) >= 11 is 4.11. The second-order valence-corrected chi connectivity index (χ2v) is 3.70. The Balaban J connectivity index is 2.64. The van der Waals surface area contributed by atoms with Gasteiger partial charge in [-0.15, -0.1) is 0 Å². The molecular formula is C13H14O2S. The zero-order valence-corrected chi connectivity index (χ0v) is 9.73. The van der Waals surface area contributed by atoms with Gasteiger partial charge in [0.1, 0.15) is 0 Å². The van der Waals surface area contributed by atoms with Crippen molar-refractivity contribution in [2.75, 3.05) is 5.75 Å². The number of thiol groups is 1. The Morgan fingerprint density at radius 3 is 2.25 bits per heavy atom. The number of hydrogen-bond donors (Lipinski definition) is 2. The second-order valence-electron chi connectivity index (χ2n) is 3.25. The highest BCUT2D eigenvalue weighted by molar-refractivity contribution is 7.80. The first-order chi connectivity index (χ1) is 7.72. The van der Waals surface area contributed by atoms with E-state index in [-0.39, 0.29) is 0 Å². The number of hydrogen-bond acceptors (Lipinski definition) is 2. The van der Waals surface area contributed by atoms with Crippen molar-refractivity contribution in [1.82, 2.24) is 0 Å². The van der Waals surface area contributed by atoms with Crippen LogP contribution in [0.25, 0.3) is 12.2 Å². The molecule has 0 atom stereocenters. The maximum Gasteiger partial charge on any atom is 0.328 e. The predicted molar refractivity (Wildman–Crippen MR) is 70.6 cm³/mol. The van der Waals surface area contributed by atoms with Gasteiger partial charge in [0.15, 0.2) is 0 Å². The van der Waals surface area contributed by atoms with Crippen LogP contribution in [0.4, 0.5) is 0 Å². The number of carboxylic acids is 1. The Hall–Kier alpha value is -1.48. The van der Waals surface area contributed by atoms with Crippen molar-refractivity contribution in [3.05, 3.63) is 47.5 Å². The number of benzene rings is 1. The predicted octanol–water partition coefficient (Wildman–Crippen LogP) is 3.12. The summed E-state index contributed by atoms with van der Waals surface area (Å²) in [6.07, 6.45) is 7.75. The third-order valence-corrected chi connectivity index (χ3v) is 2.22. The van der Waals surface area contributed by atoms with Crippen molar-refractivity contribution in [1.29, 1.82) is 0 Å². The summed E-state index contributed by atoms with van der Waals surface area (Å²) in [7, 11) is 0. The molecule has 0 spiro atoms. The Morgan fingerprint density at radius 1 is 1.19 bits per heavy atom. The van der Waals surface area contributed by atoms with Crippen molar-refractivity contribution in [2.24, 2.45) is 0 Å². The van der Waals surface area contributed by atoms with Crippen LogP contribution < -0.4 is 0 Å². The summed E-state index contributed by atoms with van der Waals surface area (Å²) in [6, 6.07) is 7.69. The molecule has 0 amide bonds. The van der Waals surface area contributed by atoms with Crippen LogP contribution in [0.3, 0.4) is 0 Å². The molecule has 0 aromatic heterocycles. The number of aliphatic carboxylic acids is 1. The topological polar surface area (TPSA) is 37.3 Å². The minimum Gasteiger partial charge on any atom is -0.478 e. The molecule has 2 nitrogen and oxygen atoms in total. The lowest BCUT2D eigenvalue weighted by Gasteiger charge is -1.95. The summed E-state index contributed by atoms with van der Waals surface area (Å²) in [5.41, 5.74) is 1.99. The molecule has 1 rings (SSSR count). The zero-order valence-electron chi connectivity index (χ0n) is 8.84. The van der Waals surface area contributed by atoms with Crippen LogP contribution in [0.1, 0.15) is 17.5 Å². The highest BCUT2D eigenvalue weighted by atomic mass is 32.1. The first kappa shape index (κ1) is 12.6. The molecule has 1 N–H and O–H groups in total. The van der Waals surface area contributed by atoms with Gasteiger partial charge in [-0.25, -0.2) is 4.79 Å². The van der Waals surface area contributed by atoms with Crippen LogP contribution in [-0.2, 0) is 4.79 Å². The molecule has 0 aliphatic rings. The van der Waals surface area contributed by atoms with Gasteiger partial charge in [0.05, 0.1) is 0 Å². The molecule has 84 valence electrons. The number of rotatable bonds is 5. The standard InChI is InChI=1S/C13H14O2S/c14-13(15)9-8-12-6-4-11(5-7-12)3-1-2-10-16/h1,3-9,16H,2,10H2,(H,14,15)/b3-1?,9-8+. The summed E-state index contributed by atoms with van der Waals surface area (Å²) in [5, 5.41) is 8.47. The molecule has 3 heteroatoms. The first-order valence-electron chi connectivity index (χ1n) is 5.01. The van der Waals surface area contributed by atoms with Crippen LogP contribution in [0.2, 0.25) is 0 Å². The first-order valence-corrected chi connectivity index (χ1v) is 5.64. The lowest BCUT2D eigenvalue weighted by molar-refractivity contribution is -0.131. The molecule has 16 heavy (non-hydrogen) atoms. The molecule has 1 aromatic rings. The molecule has 0 aliphatic carbocycles. The molecule has 0 saturated carbocycles. The van der Waals surface area contributed by atoms with Crippen LogP contribution in [0, 0.1) is 0 Å². The molecule has 0 saturated heterocycles. The van der Waals surface area contributed by atoms with E-state index < -0.39 is 5.97 Å². The fourth-order valence-electron chi connectivity index (χ4n) is 1.18. The maximum atomic E-state index is 10.3. The summed E-state index contributed by atoms with van der Waals surface area (Å²) < 4.78 is 0. The van der Waals surface area contributed by atoms with E-state index in [9.17, 15) is 4.79 Å². The largest absolute Gasteiger partial charge is 0.478 e. The average Bonchev–Trinajstić information content (AvgIpc) is 2.28. The van der Waals surface area contributed by atoms with Crippen LogP contribution in [0.15, 0.2) is 36.4 Å². The highest BCUT2D eigenvalue weighted by Crippen LogP contribution is 2.08. The second kappa shape index (κ2) is 6.90. The minimum atomic E-state index is -0.933. The molecule has 0 radical (unpaired) electrons. The SMILES string of the molecule is O=C(O)/C=C/c1ccc(C=CCCS)cc1. The van der Waals surface area contributed by atoms with Gasteiger partial charge in [-0.2, -0.15) is 12.6 Å². The van der Waals surface area contributed by atoms with Crippen LogP contribution in [0.5, 0.6) is 0 Å². The number of allylic oxidation sites excluding steroid dienone is 1. The minimum absolute atomic E-state index is 0.843. The van der Waals surface area contributed by atoms with Gasteiger partial charge in [-0.1, -0.05) is 36.4 Å². The highest BCUT2D eigenvalue weighted by Gasteiger charge is 1.90. The Bertz CT molecular complexity index is 391. The van der Waals surface area contributed by atoms with Crippen molar-refractivity contribution in [2.45, 2.75) is 6.42 Å². The van der Waals surface area contributed by atoms with Crippen LogP contribution in [-0.4, -0.2) is 16.8 Å². The van der Waals surface area contributed by atoms with Gasteiger partial charge in [0.25, 0.3) is 0 Å². The molecule has 0 heterocycles.